The molecule has 1 heterocycles. The van der Waals surface area contributed by atoms with Gasteiger partial charge < -0.3 is 5.73 Å². The molecular formula is C16H26N2S. The maximum atomic E-state index is 6.69. The van der Waals surface area contributed by atoms with Crippen LogP contribution in [-0.4, -0.2) is 4.98 Å². The Morgan fingerprint density at radius 1 is 1.21 bits per heavy atom. The van der Waals surface area contributed by atoms with E-state index in [1.54, 1.807) is 0 Å². The Hall–Kier alpha value is -0.410. The average molecular weight is 278 g/mol. The summed E-state index contributed by atoms with van der Waals surface area (Å²) in [6.07, 6.45) is 8.51. The number of thiazole rings is 1. The molecule has 3 heteroatoms. The molecule has 0 unspecified atom stereocenters. The Kier molecular flexibility index (Phi) is 3.25. The highest BCUT2D eigenvalue weighted by Crippen LogP contribution is 2.44. The molecule has 0 saturated heterocycles. The summed E-state index contributed by atoms with van der Waals surface area (Å²) >= 11 is 1.91. The summed E-state index contributed by atoms with van der Waals surface area (Å²) in [5, 5.41) is 1.22. The van der Waals surface area contributed by atoms with Crippen molar-refractivity contribution < 1.29 is 0 Å². The summed E-state index contributed by atoms with van der Waals surface area (Å²) in [7, 11) is 0. The highest BCUT2D eigenvalue weighted by Gasteiger charge is 2.38. The molecule has 0 aliphatic heterocycles. The van der Waals surface area contributed by atoms with E-state index < -0.39 is 0 Å². The lowest BCUT2D eigenvalue weighted by Gasteiger charge is -2.34. The molecule has 0 radical (unpaired) electrons. The van der Waals surface area contributed by atoms with Gasteiger partial charge in [0.15, 0.2) is 0 Å². The Bertz CT molecular complexity index is 467. The van der Waals surface area contributed by atoms with E-state index in [1.165, 1.54) is 47.7 Å². The minimum atomic E-state index is -0.134. The van der Waals surface area contributed by atoms with E-state index >= 15 is 0 Å². The quantitative estimate of drug-likeness (QED) is 0.839. The van der Waals surface area contributed by atoms with Crippen LogP contribution in [0, 0.1) is 5.92 Å². The van der Waals surface area contributed by atoms with E-state index in [0.717, 1.165) is 18.8 Å². The van der Waals surface area contributed by atoms with E-state index in [2.05, 4.69) is 20.8 Å². The van der Waals surface area contributed by atoms with Crippen LogP contribution < -0.4 is 5.73 Å². The van der Waals surface area contributed by atoms with Crippen molar-refractivity contribution in [2.45, 2.75) is 76.7 Å². The molecule has 1 aromatic rings. The topological polar surface area (TPSA) is 38.9 Å². The fourth-order valence-electron chi connectivity index (χ4n) is 3.56. The number of aryl methyl sites for hydroxylation is 1. The van der Waals surface area contributed by atoms with Crippen molar-refractivity contribution in [3.8, 4) is 0 Å². The van der Waals surface area contributed by atoms with Crippen LogP contribution in [0.25, 0.3) is 0 Å². The zero-order chi connectivity index (χ0) is 13.7. The van der Waals surface area contributed by atoms with Gasteiger partial charge in [-0.1, -0.05) is 20.8 Å². The molecule has 0 aromatic carbocycles. The van der Waals surface area contributed by atoms with Crippen LogP contribution in [0.3, 0.4) is 0 Å². The van der Waals surface area contributed by atoms with E-state index in [4.69, 9.17) is 10.7 Å². The molecule has 2 aliphatic rings. The SMILES string of the molecule is CC1CCC(N)(c2nc3c(s2)CCCC3(C)C)CC1. The fourth-order valence-corrected chi connectivity index (χ4v) is 5.01. The van der Waals surface area contributed by atoms with Crippen molar-refractivity contribution in [2.24, 2.45) is 11.7 Å². The normalized spacial score (nSPS) is 34.0. The molecule has 0 atom stereocenters. The second kappa shape index (κ2) is 4.56. The summed E-state index contributed by atoms with van der Waals surface area (Å²) in [5.41, 5.74) is 8.16. The lowest BCUT2D eigenvalue weighted by Crippen LogP contribution is -2.40. The van der Waals surface area contributed by atoms with Gasteiger partial charge >= 0.3 is 0 Å². The van der Waals surface area contributed by atoms with Gasteiger partial charge in [-0.05, 0) is 50.9 Å². The lowest BCUT2D eigenvalue weighted by atomic mass is 9.77. The summed E-state index contributed by atoms with van der Waals surface area (Å²) in [6.45, 7) is 7.01. The van der Waals surface area contributed by atoms with Gasteiger partial charge in [0.1, 0.15) is 5.01 Å². The van der Waals surface area contributed by atoms with Crippen LogP contribution >= 0.6 is 11.3 Å². The predicted octanol–water partition coefficient (Wildman–Crippen LogP) is 4.12. The monoisotopic (exact) mass is 278 g/mol. The molecule has 1 aromatic heterocycles. The Morgan fingerprint density at radius 2 is 1.89 bits per heavy atom. The third-order valence-electron chi connectivity index (χ3n) is 5.14. The van der Waals surface area contributed by atoms with Crippen molar-refractivity contribution in [3.63, 3.8) is 0 Å². The summed E-state index contributed by atoms with van der Waals surface area (Å²) < 4.78 is 0. The van der Waals surface area contributed by atoms with E-state index in [0.29, 0.717) is 0 Å². The molecule has 106 valence electrons. The molecule has 1 fully saturated rings. The van der Waals surface area contributed by atoms with Crippen LogP contribution in [-0.2, 0) is 17.4 Å². The number of aromatic nitrogens is 1. The van der Waals surface area contributed by atoms with Crippen molar-refractivity contribution in [2.75, 3.05) is 0 Å². The minimum Gasteiger partial charge on any atom is -0.319 e. The molecule has 0 amide bonds. The van der Waals surface area contributed by atoms with Gasteiger partial charge in [-0.15, -0.1) is 11.3 Å². The zero-order valence-corrected chi connectivity index (χ0v) is 13.3. The van der Waals surface area contributed by atoms with Crippen LogP contribution in [0.1, 0.15) is 74.9 Å². The van der Waals surface area contributed by atoms with Crippen molar-refractivity contribution >= 4 is 11.3 Å². The van der Waals surface area contributed by atoms with Crippen molar-refractivity contribution in [1.82, 2.24) is 4.98 Å². The number of rotatable bonds is 1. The maximum Gasteiger partial charge on any atom is 0.113 e. The highest BCUT2D eigenvalue weighted by molar-refractivity contribution is 7.12. The fraction of sp³-hybridized carbons (Fsp3) is 0.812. The molecule has 0 spiro atoms. The second-order valence-corrected chi connectivity index (χ2v) is 8.45. The smallest absolute Gasteiger partial charge is 0.113 e. The molecule has 3 rings (SSSR count). The van der Waals surface area contributed by atoms with E-state index in [-0.39, 0.29) is 11.0 Å². The first-order valence-corrected chi connectivity index (χ1v) is 8.52. The lowest BCUT2D eigenvalue weighted by molar-refractivity contribution is 0.246. The first-order valence-electron chi connectivity index (χ1n) is 7.70. The predicted molar refractivity (Wildman–Crippen MR) is 81.6 cm³/mol. The Balaban J connectivity index is 1.92. The Morgan fingerprint density at radius 3 is 2.53 bits per heavy atom. The summed E-state index contributed by atoms with van der Waals surface area (Å²) in [4.78, 5) is 6.53. The van der Waals surface area contributed by atoms with Crippen LogP contribution in [0.5, 0.6) is 0 Å². The number of nitrogens with zero attached hydrogens (tertiary/aromatic N) is 1. The standard InChI is InChI=1S/C16H26N2S/c1-11-6-9-16(17,10-7-11)14-18-13-12(19-14)5-4-8-15(13,2)3/h11H,4-10,17H2,1-3H3. The Labute approximate surface area is 120 Å². The summed E-state index contributed by atoms with van der Waals surface area (Å²) in [6, 6.07) is 0. The molecule has 19 heavy (non-hydrogen) atoms. The van der Waals surface area contributed by atoms with Crippen molar-refractivity contribution in [1.29, 1.82) is 0 Å². The van der Waals surface area contributed by atoms with Crippen LogP contribution in [0.15, 0.2) is 0 Å². The summed E-state index contributed by atoms with van der Waals surface area (Å²) in [5.74, 6) is 0.836. The number of fused-ring (bicyclic) bond motifs is 1. The number of hydrogen-bond acceptors (Lipinski definition) is 3. The molecular weight excluding hydrogens is 252 g/mol. The third kappa shape index (κ3) is 2.36. The maximum absolute atomic E-state index is 6.69. The number of hydrogen-bond donors (Lipinski definition) is 1. The average Bonchev–Trinajstić information content (AvgIpc) is 2.79. The van der Waals surface area contributed by atoms with Crippen LogP contribution in [0.2, 0.25) is 0 Å². The third-order valence-corrected chi connectivity index (χ3v) is 6.47. The second-order valence-electron chi connectivity index (χ2n) is 7.37. The minimum absolute atomic E-state index is 0.134. The molecule has 0 bridgehead atoms. The van der Waals surface area contributed by atoms with Gasteiger partial charge in [0, 0.05) is 10.3 Å². The zero-order valence-electron chi connectivity index (χ0n) is 12.5. The van der Waals surface area contributed by atoms with Crippen molar-refractivity contribution in [3.05, 3.63) is 15.6 Å². The largest absolute Gasteiger partial charge is 0.319 e. The molecule has 2 nitrogen and oxygen atoms in total. The van der Waals surface area contributed by atoms with Gasteiger partial charge in [-0.25, -0.2) is 4.98 Å². The van der Waals surface area contributed by atoms with Gasteiger partial charge in [0.05, 0.1) is 11.2 Å². The molecule has 1 saturated carbocycles. The van der Waals surface area contributed by atoms with Crippen LogP contribution in [0.4, 0.5) is 0 Å². The molecule has 2 aliphatic carbocycles. The van der Waals surface area contributed by atoms with E-state index in [1.807, 2.05) is 11.3 Å². The number of nitrogens with two attached hydrogens (primary N) is 1. The highest BCUT2D eigenvalue weighted by atomic mass is 32.1. The molecule has 2 N–H and O–H groups in total. The van der Waals surface area contributed by atoms with Gasteiger partial charge in [-0.2, -0.15) is 0 Å². The van der Waals surface area contributed by atoms with E-state index in [9.17, 15) is 0 Å². The first kappa shape index (κ1) is 13.6. The van der Waals surface area contributed by atoms with Gasteiger partial charge in [0.2, 0.25) is 0 Å². The van der Waals surface area contributed by atoms with Gasteiger partial charge in [-0.3, -0.25) is 0 Å². The van der Waals surface area contributed by atoms with Gasteiger partial charge in [0.25, 0.3) is 0 Å². The first-order chi connectivity index (χ1) is 8.91.